The van der Waals surface area contributed by atoms with E-state index in [1.807, 2.05) is 24.3 Å². The van der Waals surface area contributed by atoms with Crippen LogP contribution in [0.25, 0.3) is 0 Å². The molecule has 1 N–H and O–H groups in total. The number of benzene rings is 1. The molecular formula is C16H17N3O. The first-order valence-electron chi connectivity index (χ1n) is 6.81. The highest BCUT2D eigenvalue weighted by Crippen LogP contribution is 2.24. The van der Waals surface area contributed by atoms with Gasteiger partial charge in [-0.05, 0) is 43.4 Å². The van der Waals surface area contributed by atoms with Crippen molar-refractivity contribution >= 4 is 0 Å². The third kappa shape index (κ3) is 4.03. The van der Waals surface area contributed by atoms with Crippen molar-refractivity contribution in [1.29, 1.82) is 10.5 Å². The van der Waals surface area contributed by atoms with Crippen molar-refractivity contribution in [2.45, 2.75) is 38.3 Å². The lowest BCUT2D eigenvalue weighted by Gasteiger charge is -2.13. The van der Waals surface area contributed by atoms with Crippen LogP contribution in [0.3, 0.4) is 0 Å². The zero-order valence-corrected chi connectivity index (χ0v) is 11.3. The van der Waals surface area contributed by atoms with Crippen molar-refractivity contribution in [3.8, 4) is 17.9 Å². The summed E-state index contributed by atoms with van der Waals surface area (Å²) in [6, 6.07) is 11.5. The normalized spacial score (nSPS) is 14.1. The Morgan fingerprint density at radius 3 is 2.45 bits per heavy atom. The molecule has 1 aliphatic carbocycles. The smallest absolute Gasteiger partial charge is 0.145 e. The molecule has 4 nitrogen and oxygen atoms in total. The number of ether oxygens (including phenoxy) is 1. The SMILES string of the molecule is N#CC(C#N)=CNCc1ccc(OC2CCCC2)cc1. The number of allylic oxidation sites excluding steroid dienone is 1. The van der Waals surface area contributed by atoms with Gasteiger partial charge in [-0.1, -0.05) is 12.1 Å². The first-order valence-corrected chi connectivity index (χ1v) is 6.81. The van der Waals surface area contributed by atoms with Gasteiger partial charge in [0.15, 0.2) is 0 Å². The number of hydrogen-bond acceptors (Lipinski definition) is 4. The van der Waals surface area contributed by atoms with Crippen molar-refractivity contribution in [2.75, 3.05) is 0 Å². The molecule has 0 spiro atoms. The van der Waals surface area contributed by atoms with Gasteiger partial charge < -0.3 is 10.1 Å². The van der Waals surface area contributed by atoms with Crippen molar-refractivity contribution in [3.05, 3.63) is 41.6 Å². The van der Waals surface area contributed by atoms with Crippen molar-refractivity contribution < 1.29 is 4.74 Å². The molecule has 0 atom stereocenters. The maximum absolute atomic E-state index is 8.60. The minimum atomic E-state index is 0.0752. The second-order valence-corrected chi connectivity index (χ2v) is 4.83. The Kier molecular flexibility index (Phi) is 5.03. The second kappa shape index (κ2) is 7.21. The van der Waals surface area contributed by atoms with Crippen LogP contribution in [0.5, 0.6) is 5.75 Å². The third-order valence-corrected chi connectivity index (χ3v) is 3.32. The van der Waals surface area contributed by atoms with E-state index in [-0.39, 0.29) is 5.57 Å². The summed E-state index contributed by atoms with van der Waals surface area (Å²) in [5.41, 5.74) is 1.15. The number of nitrogens with one attached hydrogen (secondary N) is 1. The van der Waals surface area contributed by atoms with Crippen molar-refractivity contribution in [1.82, 2.24) is 5.32 Å². The fourth-order valence-electron chi connectivity index (χ4n) is 2.25. The average Bonchev–Trinajstić information content (AvgIpc) is 2.98. The Labute approximate surface area is 119 Å². The molecule has 0 saturated heterocycles. The average molecular weight is 267 g/mol. The zero-order chi connectivity index (χ0) is 14.2. The van der Waals surface area contributed by atoms with Crippen LogP contribution in [0.2, 0.25) is 0 Å². The molecule has 1 aromatic rings. The Morgan fingerprint density at radius 2 is 1.85 bits per heavy atom. The van der Waals surface area contributed by atoms with Crippen LogP contribution in [-0.2, 0) is 6.54 Å². The number of rotatable bonds is 5. The van der Waals surface area contributed by atoms with Gasteiger partial charge in [0.05, 0.1) is 6.10 Å². The van der Waals surface area contributed by atoms with E-state index < -0.39 is 0 Å². The number of nitriles is 2. The molecule has 2 rings (SSSR count). The molecule has 0 unspecified atom stereocenters. The molecular weight excluding hydrogens is 250 g/mol. The predicted molar refractivity (Wildman–Crippen MR) is 75.5 cm³/mol. The molecule has 0 aliphatic heterocycles. The largest absolute Gasteiger partial charge is 0.490 e. The Balaban J connectivity index is 1.84. The van der Waals surface area contributed by atoms with E-state index >= 15 is 0 Å². The monoisotopic (exact) mass is 267 g/mol. The van der Waals surface area contributed by atoms with Gasteiger partial charge in [0.1, 0.15) is 23.5 Å². The Morgan fingerprint density at radius 1 is 1.20 bits per heavy atom. The third-order valence-electron chi connectivity index (χ3n) is 3.32. The van der Waals surface area contributed by atoms with Gasteiger partial charge in [0.2, 0.25) is 0 Å². The highest BCUT2D eigenvalue weighted by Gasteiger charge is 2.16. The van der Waals surface area contributed by atoms with E-state index in [0.29, 0.717) is 12.6 Å². The maximum atomic E-state index is 8.60. The minimum Gasteiger partial charge on any atom is -0.490 e. The Hall–Kier alpha value is -2.46. The summed E-state index contributed by atoms with van der Waals surface area (Å²) in [5, 5.41) is 20.1. The first kappa shape index (κ1) is 14.0. The second-order valence-electron chi connectivity index (χ2n) is 4.83. The minimum absolute atomic E-state index is 0.0752. The maximum Gasteiger partial charge on any atom is 0.145 e. The summed E-state index contributed by atoms with van der Waals surface area (Å²) in [6.45, 7) is 0.580. The summed E-state index contributed by atoms with van der Waals surface area (Å²) in [6.07, 6.45) is 6.63. The topological polar surface area (TPSA) is 68.8 Å². The predicted octanol–water partition coefficient (Wildman–Crippen LogP) is 3.03. The molecule has 0 radical (unpaired) electrons. The molecule has 1 saturated carbocycles. The number of hydrogen-bond donors (Lipinski definition) is 1. The van der Waals surface area contributed by atoms with E-state index in [1.54, 1.807) is 12.1 Å². The van der Waals surface area contributed by atoms with Gasteiger partial charge in [-0.15, -0.1) is 0 Å². The summed E-state index contributed by atoms with van der Waals surface area (Å²) in [4.78, 5) is 0. The summed E-state index contributed by atoms with van der Waals surface area (Å²) in [7, 11) is 0. The molecule has 1 fully saturated rings. The van der Waals surface area contributed by atoms with Gasteiger partial charge in [0, 0.05) is 12.7 Å². The first-order chi connectivity index (χ1) is 9.81. The van der Waals surface area contributed by atoms with Gasteiger partial charge in [-0.2, -0.15) is 10.5 Å². The van der Waals surface area contributed by atoms with E-state index in [0.717, 1.165) is 24.2 Å². The van der Waals surface area contributed by atoms with Crippen LogP contribution in [0.1, 0.15) is 31.2 Å². The summed E-state index contributed by atoms with van der Waals surface area (Å²) in [5.74, 6) is 0.908. The highest BCUT2D eigenvalue weighted by molar-refractivity contribution is 5.34. The van der Waals surface area contributed by atoms with Crippen molar-refractivity contribution in [3.63, 3.8) is 0 Å². The molecule has 0 aromatic heterocycles. The quantitative estimate of drug-likeness (QED) is 0.832. The fourth-order valence-corrected chi connectivity index (χ4v) is 2.25. The standard InChI is InChI=1S/C16H17N3O/c17-9-14(10-18)12-19-11-13-5-7-16(8-6-13)20-15-3-1-2-4-15/h5-8,12,15,19H,1-4,11H2. The lowest BCUT2D eigenvalue weighted by atomic mass is 10.2. The van der Waals surface area contributed by atoms with Crippen LogP contribution in [-0.4, -0.2) is 6.10 Å². The number of nitrogens with zero attached hydrogens (tertiary/aromatic N) is 2. The van der Waals surface area contributed by atoms with E-state index in [9.17, 15) is 0 Å². The van der Waals surface area contributed by atoms with Crippen LogP contribution in [0.15, 0.2) is 36.0 Å². The molecule has 0 heterocycles. The van der Waals surface area contributed by atoms with E-state index in [1.165, 1.54) is 19.0 Å². The molecule has 20 heavy (non-hydrogen) atoms. The molecule has 1 aliphatic rings. The fraction of sp³-hybridized carbons (Fsp3) is 0.375. The van der Waals surface area contributed by atoms with E-state index in [2.05, 4.69) is 5.32 Å². The highest BCUT2D eigenvalue weighted by atomic mass is 16.5. The molecule has 4 heteroatoms. The molecule has 0 amide bonds. The zero-order valence-electron chi connectivity index (χ0n) is 11.3. The molecule has 1 aromatic carbocycles. The molecule has 102 valence electrons. The lowest BCUT2D eigenvalue weighted by Crippen LogP contribution is -2.11. The lowest BCUT2D eigenvalue weighted by molar-refractivity contribution is 0.210. The van der Waals surface area contributed by atoms with Gasteiger partial charge >= 0.3 is 0 Å². The van der Waals surface area contributed by atoms with Gasteiger partial charge in [0.25, 0.3) is 0 Å². The van der Waals surface area contributed by atoms with Crippen molar-refractivity contribution in [2.24, 2.45) is 0 Å². The summed E-state index contributed by atoms with van der Waals surface area (Å²) < 4.78 is 5.89. The van der Waals surface area contributed by atoms with Crippen LogP contribution in [0.4, 0.5) is 0 Å². The van der Waals surface area contributed by atoms with Crippen LogP contribution in [0, 0.1) is 22.7 Å². The molecule has 0 bridgehead atoms. The summed E-state index contributed by atoms with van der Waals surface area (Å²) >= 11 is 0. The van der Waals surface area contributed by atoms with Crippen LogP contribution < -0.4 is 10.1 Å². The van der Waals surface area contributed by atoms with Gasteiger partial charge in [-0.3, -0.25) is 0 Å². The van der Waals surface area contributed by atoms with Crippen LogP contribution >= 0.6 is 0 Å². The Bertz CT molecular complexity index is 527. The van der Waals surface area contributed by atoms with E-state index in [4.69, 9.17) is 15.3 Å². The van der Waals surface area contributed by atoms with Gasteiger partial charge in [-0.25, -0.2) is 0 Å².